The third-order valence-electron chi connectivity index (χ3n) is 5.83. The van der Waals surface area contributed by atoms with E-state index in [4.69, 9.17) is 0 Å². The fourth-order valence-corrected chi connectivity index (χ4v) is 4.61. The molecule has 1 saturated heterocycles. The van der Waals surface area contributed by atoms with Crippen LogP contribution in [0.1, 0.15) is 31.0 Å². The molecule has 2 heterocycles. The van der Waals surface area contributed by atoms with Crippen LogP contribution in [-0.2, 0) is 19.6 Å². The van der Waals surface area contributed by atoms with Crippen molar-refractivity contribution in [2.45, 2.75) is 45.4 Å². The van der Waals surface area contributed by atoms with Gasteiger partial charge in [0.15, 0.2) is 0 Å². The topological polar surface area (TPSA) is 33.1 Å². The van der Waals surface area contributed by atoms with Crippen LogP contribution in [0.4, 0.5) is 0 Å². The summed E-state index contributed by atoms with van der Waals surface area (Å²) in [5.41, 5.74) is 2.74. The lowest BCUT2D eigenvalue weighted by molar-refractivity contribution is 0.288. The van der Waals surface area contributed by atoms with Crippen molar-refractivity contribution in [1.29, 1.82) is 0 Å². The number of aromatic nitrogens is 2. The molecule has 0 bridgehead atoms. The summed E-state index contributed by atoms with van der Waals surface area (Å²) in [5.74, 6) is 1.69. The molecule has 0 spiro atoms. The van der Waals surface area contributed by atoms with Crippen LogP contribution in [0.15, 0.2) is 42.6 Å². The average Bonchev–Trinajstić information content (AvgIpc) is 3.29. The Balaban J connectivity index is 1.33. The van der Waals surface area contributed by atoms with Crippen LogP contribution in [0.3, 0.4) is 0 Å². The minimum atomic E-state index is 0.663. The predicted molar refractivity (Wildman–Crippen MR) is 96.5 cm³/mol. The van der Waals surface area contributed by atoms with Gasteiger partial charge in [-0.3, -0.25) is 9.58 Å². The maximum absolute atomic E-state index is 4.37. The Bertz CT molecular complexity index is 651. The highest BCUT2D eigenvalue weighted by Crippen LogP contribution is 2.38. The van der Waals surface area contributed by atoms with E-state index in [2.05, 4.69) is 63.3 Å². The number of fused-ring (bicyclic) bond motifs is 1. The first-order valence-corrected chi connectivity index (χ1v) is 9.34. The third-order valence-corrected chi connectivity index (χ3v) is 5.83. The molecule has 1 aromatic carbocycles. The fraction of sp³-hybridized carbons (Fsp3) is 0.550. The first-order chi connectivity index (χ1) is 11.8. The molecule has 2 aliphatic rings. The van der Waals surface area contributed by atoms with Gasteiger partial charge in [0.25, 0.3) is 0 Å². The van der Waals surface area contributed by atoms with Crippen LogP contribution in [0.25, 0.3) is 0 Å². The zero-order valence-electron chi connectivity index (χ0n) is 14.6. The van der Waals surface area contributed by atoms with E-state index in [9.17, 15) is 0 Å². The van der Waals surface area contributed by atoms with Crippen molar-refractivity contribution in [1.82, 2.24) is 20.0 Å². The van der Waals surface area contributed by atoms with Gasteiger partial charge < -0.3 is 5.32 Å². The maximum atomic E-state index is 4.37. The fourth-order valence-electron chi connectivity index (χ4n) is 4.61. The lowest BCUT2D eigenvalue weighted by Gasteiger charge is -2.22. The lowest BCUT2D eigenvalue weighted by atomic mass is 9.98. The summed E-state index contributed by atoms with van der Waals surface area (Å²) in [4.78, 5) is 2.65. The van der Waals surface area contributed by atoms with E-state index in [1.54, 1.807) is 0 Å². The Kier molecular flexibility index (Phi) is 4.67. The number of benzene rings is 1. The van der Waals surface area contributed by atoms with Crippen molar-refractivity contribution >= 4 is 0 Å². The monoisotopic (exact) mass is 324 g/mol. The molecular formula is C20H28N4. The molecule has 2 aromatic rings. The lowest BCUT2D eigenvalue weighted by Crippen LogP contribution is -2.35. The minimum absolute atomic E-state index is 0.663. The molecule has 1 aliphatic carbocycles. The molecule has 1 aliphatic heterocycles. The quantitative estimate of drug-likeness (QED) is 0.887. The van der Waals surface area contributed by atoms with E-state index in [1.165, 1.54) is 37.2 Å². The number of nitrogens with zero attached hydrogens (tertiary/aromatic N) is 3. The summed E-state index contributed by atoms with van der Waals surface area (Å²) < 4.78 is 2.09. The van der Waals surface area contributed by atoms with E-state index in [0.29, 0.717) is 6.04 Å². The molecule has 3 atom stereocenters. The zero-order valence-corrected chi connectivity index (χ0v) is 14.6. The summed E-state index contributed by atoms with van der Waals surface area (Å²) in [6.45, 7) is 7.66. The molecule has 24 heavy (non-hydrogen) atoms. The number of hydrogen-bond donors (Lipinski definition) is 1. The molecule has 0 amide bonds. The van der Waals surface area contributed by atoms with Crippen molar-refractivity contribution in [2.75, 3.05) is 13.1 Å². The van der Waals surface area contributed by atoms with Crippen molar-refractivity contribution in [3.8, 4) is 0 Å². The maximum Gasteiger partial charge on any atom is 0.0522 e. The van der Waals surface area contributed by atoms with Crippen molar-refractivity contribution in [3.63, 3.8) is 0 Å². The summed E-state index contributed by atoms with van der Waals surface area (Å²) >= 11 is 0. The Morgan fingerprint density at radius 2 is 2.00 bits per heavy atom. The van der Waals surface area contributed by atoms with Crippen LogP contribution in [0, 0.1) is 11.8 Å². The molecule has 2 fully saturated rings. The van der Waals surface area contributed by atoms with Gasteiger partial charge in [0.05, 0.1) is 5.69 Å². The van der Waals surface area contributed by atoms with Gasteiger partial charge in [-0.25, -0.2) is 0 Å². The van der Waals surface area contributed by atoms with Gasteiger partial charge in [-0.15, -0.1) is 0 Å². The number of rotatable bonds is 6. The van der Waals surface area contributed by atoms with Crippen LogP contribution < -0.4 is 5.32 Å². The smallest absolute Gasteiger partial charge is 0.0522 e. The van der Waals surface area contributed by atoms with Gasteiger partial charge in [0.2, 0.25) is 0 Å². The molecule has 1 aromatic heterocycles. The van der Waals surface area contributed by atoms with E-state index < -0.39 is 0 Å². The van der Waals surface area contributed by atoms with Crippen molar-refractivity contribution < 1.29 is 0 Å². The van der Waals surface area contributed by atoms with E-state index in [1.807, 2.05) is 6.20 Å². The molecule has 128 valence electrons. The second-order valence-electron chi connectivity index (χ2n) is 7.31. The molecule has 4 nitrogen and oxygen atoms in total. The number of aryl methyl sites for hydroxylation is 1. The molecule has 1 N–H and O–H groups in total. The second-order valence-corrected chi connectivity index (χ2v) is 7.31. The van der Waals surface area contributed by atoms with Crippen LogP contribution in [0.2, 0.25) is 0 Å². The molecule has 1 saturated carbocycles. The first-order valence-electron chi connectivity index (χ1n) is 9.34. The third kappa shape index (κ3) is 3.26. The van der Waals surface area contributed by atoms with Gasteiger partial charge in [0.1, 0.15) is 0 Å². The zero-order chi connectivity index (χ0) is 16.4. The molecule has 0 unspecified atom stereocenters. The Morgan fingerprint density at radius 3 is 2.83 bits per heavy atom. The summed E-state index contributed by atoms with van der Waals surface area (Å²) in [5, 5.41) is 8.20. The molecule has 4 heteroatoms. The highest BCUT2D eigenvalue weighted by molar-refractivity contribution is 5.15. The van der Waals surface area contributed by atoms with E-state index >= 15 is 0 Å². The van der Waals surface area contributed by atoms with E-state index in [-0.39, 0.29) is 0 Å². The molecule has 4 rings (SSSR count). The van der Waals surface area contributed by atoms with Gasteiger partial charge in [-0.2, -0.15) is 5.10 Å². The van der Waals surface area contributed by atoms with Crippen molar-refractivity contribution in [2.24, 2.45) is 11.8 Å². The van der Waals surface area contributed by atoms with Gasteiger partial charge in [-0.05, 0) is 43.2 Å². The van der Waals surface area contributed by atoms with Crippen LogP contribution in [-0.4, -0.2) is 33.8 Å². The van der Waals surface area contributed by atoms with Crippen molar-refractivity contribution in [3.05, 3.63) is 53.9 Å². The average molecular weight is 324 g/mol. The van der Waals surface area contributed by atoms with Gasteiger partial charge in [-0.1, -0.05) is 30.3 Å². The molecular weight excluding hydrogens is 296 g/mol. The number of hydrogen-bond acceptors (Lipinski definition) is 3. The predicted octanol–water partition coefficient (Wildman–Crippen LogP) is 2.90. The van der Waals surface area contributed by atoms with E-state index in [0.717, 1.165) is 31.5 Å². The van der Waals surface area contributed by atoms with Gasteiger partial charge >= 0.3 is 0 Å². The molecule has 0 radical (unpaired) electrons. The summed E-state index contributed by atoms with van der Waals surface area (Å²) in [6, 6.07) is 13.7. The SMILES string of the molecule is CCn1nccc1CN[C@@H]1CC[C@@H]2CN(Cc3ccccc3)C[C@@H]21. The Labute approximate surface area is 144 Å². The highest BCUT2D eigenvalue weighted by atomic mass is 15.3. The highest BCUT2D eigenvalue weighted by Gasteiger charge is 2.42. The van der Waals surface area contributed by atoms with Gasteiger partial charge in [0, 0.05) is 45.0 Å². The minimum Gasteiger partial charge on any atom is -0.308 e. The van der Waals surface area contributed by atoms with Crippen LogP contribution >= 0.6 is 0 Å². The van der Waals surface area contributed by atoms with Crippen LogP contribution in [0.5, 0.6) is 0 Å². The standard InChI is InChI=1S/C20H28N4/c1-2-24-18(10-11-22-24)12-21-20-9-8-17-14-23(15-19(17)20)13-16-6-4-3-5-7-16/h3-7,10-11,17,19-21H,2,8-9,12-15H2,1H3/t17-,19+,20-/m1/s1. The Morgan fingerprint density at radius 1 is 1.12 bits per heavy atom. The first kappa shape index (κ1) is 15.9. The summed E-state index contributed by atoms with van der Waals surface area (Å²) in [6.07, 6.45) is 4.62. The summed E-state index contributed by atoms with van der Waals surface area (Å²) in [7, 11) is 0. The largest absolute Gasteiger partial charge is 0.308 e. The Hall–Kier alpha value is -1.65. The number of nitrogens with one attached hydrogen (secondary N) is 1. The second kappa shape index (κ2) is 7.08. The number of likely N-dealkylation sites (tertiary alicyclic amines) is 1. The normalized spacial score (nSPS) is 26.8.